The van der Waals surface area contributed by atoms with E-state index in [4.69, 9.17) is 23.2 Å². The molecule has 0 amide bonds. The Labute approximate surface area is 112 Å². The van der Waals surface area contributed by atoms with E-state index in [1.165, 1.54) is 43.8 Å². The van der Waals surface area contributed by atoms with Gasteiger partial charge in [-0.15, -0.1) is 0 Å². The molecule has 0 saturated carbocycles. The lowest BCUT2D eigenvalue weighted by molar-refractivity contribution is -0.680. The minimum Gasteiger partial charge on any atom is -0.615 e. The van der Waals surface area contributed by atoms with Crippen LogP contribution in [0.2, 0.25) is 0 Å². The first-order valence-electron chi connectivity index (χ1n) is 5.87. The Morgan fingerprint density at radius 3 is 2.50 bits per heavy atom. The molecule has 0 bridgehead atoms. The van der Waals surface area contributed by atoms with Crippen LogP contribution in [-0.2, 0) is 0 Å². The summed E-state index contributed by atoms with van der Waals surface area (Å²) in [6.07, 6.45) is 8.64. The number of nitrogens with zero attached hydrogens (tertiary/aromatic N) is 1. The van der Waals surface area contributed by atoms with Gasteiger partial charge in [0.15, 0.2) is 4.71 Å². The van der Waals surface area contributed by atoms with Gasteiger partial charge in [0.25, 0.3) is 0 Å². The Kier molecular flexibility index (Phi) is 6.52. The minimum atomic E-state index is -0.416. The van der Waals surface area contributed by atoms with Crippen LogP contribution in [0.4, 0.5) is 0 Å². The highest BCUT2D eigenvalue weighted by molar-refractivity contribution is 7.96. The zero-order chi connectivity index (χ0) is 12.0. The predicted octanol–water partition coefficient (Wildman–Crippen LogP) is 4.97. The van der Waals surface area contributed by atoms with Crippen molar-refractivity contribution < 1.29 is 4.05 Å². The van der Waals surface area contributed by atoms with Gasteiger partial charge < -0.3 is 5.21 Å². The van der Waals surface area contributed by atoms with Gasteiger partial charge in [-0.25, -0.2) is 0 Å². The molecule has 1 aliphatic heterocycles. The first kappa shape index (κ1) is 14.7. The minimum absolute atomic E-state index is 0.362. The van der Waals surface area contributed by atoms with Crippen LogP contribution < -0.4 is 0 Å². The normalized spacial score (nSPS) is 29.5. The molecule has 2 atom stereocenters. The van der Waals surface area contributed by atoms with Gasteiger partial charge >= 0.3 is 0 Å². The van der Waals surface area contributed by atoms with Gasteiger partial charge in [0.05, 0.1) is 6.54 Å². The second-order valence-corrected chi connectivity index (χ2v) is 6.58. The fourth-order valence-corrected chi connectivity index (χ4v) is 3.39. The molecule has 2 unspecified atom stereocenters. The van der Waals surface area contributed by atoms with Crippen LogP contribution in [-0.4, -0.2) is 15.3 Å². The van der Waals surface area contributed by atoms with Crippen molar-refractivity contribution in [1.29, 1.82) is 0 Å². The molecule has 2 nitrogen and oxygen atoms in total. The first-order valence-corrected chi connectivity index (χ1v) is 7.52. The van der Waals surface area contributed by atoms with Gasteiger partial charge in [0, 0.05) is 0 Å². The smallest absolute Gasteiger partial charge is 0.175 e. The molecule has 1 heterocycles. The Hall–Kier alpha value is 0.590. The number of hydrogen-bond donors (Lipinski definition) is 0. The Morgan fingerprint density at radius 2 is 1.94 bits per heavy atom. The molecule has 1 aliphatic rings. The van der Waals surface area contributed by atoms with E-state index < -0.39 is 4.05 Å². The summed E-state index contributed by atoms with van der Waals surface area (Å²) < 4.78 is -0.778. The Balaban J connectivity index is 2.14. The third-order valence-electron chi connectivity index (χ3n) is 2.63. The second kappa shape index (κ2) is 7.12. The summed E-state index contributed by atoms with van der Waals surface area (Å²) >= 11 is 12.9. The van der Waals surface area contributed by atoms with E-state index in [-0.39, 0.29) is 4.71 Å². The van der Waals surface area contributed by atoms with Gasteiger partial charge in [-0.05, 0) is 12.8 Å². The zero-order valence-electron chi connectivity index (χ0n) is 9.62. The maximum atomic E-state index is 12.1. The third-order valence-corrected chi connectivity index (χ3v) is 4.75. The van der Waals surface area contributed by atoms with Crippen molar-refractivity contribution in [3.8, 4) is 0 Å². The molecule has 0 spiro atoms. The molecular formula is C11H19Cl2NOS. The molecular weight excluding hydrogens is 265 g/mol. The van der Waals surface area contributed by atoms with E-state index in [0.717, 1.165) is 12.8 Å². The van der Waals surface area contributed by atoms with Gasteiger partial charge in [-0.3, -0.25) is 4.05 Å². The highest BCUT2D eigenvalue weighted by Gasteiger charge is 2.33. The molecule has 5 heteroatoms. The highest BCUT2D eigenvalue weighted by atomic mass is 35.5. The first-order chi connectivity index (χ1) is 7.57. The van der Waals surface area contributed by atoms with Crippen molar-refractivity contribution in [2.45, 2.75) is 50.2 Å². The molecule has 0 aromatic carbocycles. The maximum Gasteiger partial charge on any atom is 0.175 e. The fourth-order valence-electron chi connectivity index (χ4n) is 1.71. The number of halogens is 2. The molecule has 0 N–H and O–H groups in total. The Morgan fingerprint density at radius 1 is 1.31 bits per heavy atom. The predicted molar refractivity (Wildman–Crippen MR) is 73.0 cm³/mol. The SMILES string of the molecule is CCCCCCCC[N+]1([O-])C=C(Cl)C(Cl)S1. The van der Waals surface area contributed by atoms with Gasteiger partial charge in [0.1, 0.15) is 23.2 Å². The standard InChI is InChI=1S/C11H19Cl2NOS/c1-2-3-4-5-6-7-8-14(15)9-10(12)11(13)16-14/h9,11H,2-8H2,1H3. The summed E-state index contributed by atoms with van der Waals surface area (Å²) in [4.78, 5) is 0. The molecule has 0 aliphatic carbocycles. The molecule has 0 saturated heterocycles. The molecule has 0 aromatic rings. The summed E-state index contributed by atoms with van der Waals surface area (Å²) in [5.74, 6) is 0. The van der Waals surface area contributed by atoms with Crippen LogP contribution in [0.1, 0.15) is 45.4 Å². The van der Waals surface area contributed by atoms with E-state index in [1.807, 2.05) is 0 Å². The lowest BCUT2D eigenvalue weighted by Crippen LogP contribution is -2.27. The second-order valence-electron chi connectivity index (χ2n) is 4.15. The van der Waals surface area contributed by atoms with E-state index in [9.17, 15) is 5.21 Å². The van der Waals surface area contributed by atoms with E-state index in [0.29, 0.717) is 11.6 Å². The number of hydrogen-bond acceptors (Lipinski definition) is 2. The summed E-state index contributed by atoms with van der Waals surface area (Å²) in [6.45, 7) is 2.78. The number of alkyl halides is 1. The van der Waals surface area contributed by atoms with Crippen LogP contribution >= 0.6 is 35.1 Å². The molecule has 94 valence electrons. The molecule has 16 heavy (non-hydrogen) atoms. The number of unbranched alkanes of at least 4 members (excludes halogenated alkanes) is 5. The topological polar surface area (TPSA) is 23.1 Å². The van der Waals surface area contributed by atoms with E-state index in [2.05, 4.69) is 6.92 Å². The molecule has 0 radical (unpaired) electrons. The van der Waals surface area contributed by atoms with Crippen molar-refractivity contribution >= 4 is 35.1 Å². The fraction of sp³-hybridized carbons (Fsp3) is 0.818. The number of quaternary nitrogens is 1. The Bertz CT molecular complexity index is 250. The third kappa shape index (κ3) is 4.84. The summed E-state index contributed by atoms with van der Waals surface area (Å²) in [6, 6.07) is 0. The quantitative estimate of drug-likeness (QED) is 0.217. The van der Waals surface area contributed by atoms with Gasteiger partial charge in [0.2, 0.25) is 0 Å². The van der Waals surface area contributed by atoms with Crippen LogP contribution in [0.5, 0.6) is 0 Å². The number of rotatable bonds is 7. The van der Waals surface area contributed by atoms with E-state index >= 15 is 0 Å². The van der Waals surface area contributed by atoms with Gasteiger partial charge in [-0.2, -0.15) is 0 Å². The van der Waals surface area contributed by atoms with Gasteiger partial charge in [-0.1, -0.05) is 55.8 Å². The van der Waals surface area contributed by atoms with Crippen LogP contribution in [0, 0.1) is 5.21 Å². The lowest BCUT2D eigenvalue weighted by atomic mass is 10.1. The number of hydroxylamine groups is 2. The van der Waals surface area contributed by atoms with Crippen molar-refractivity contribution in [1.82, 2.24) is 0 Å². The largest absolute Gasteiger partial charge is 0.615 e. The van der Waals surface area contributed by atoms with E-state index in [1.54, 1.807) is 0 Å². The molecule has 1 rings (SSSR count). The maximum absolute atomic E-state index is 12.1. The summed E-state index contributed by atoms with van der Waals surface area (Å²) in [5.41, 5.74) is 0. The molecule has 0 aromatic heterocycles. The average Bonchev–Trinajstić information content (AvgIpc) is 2.47. The lowest BCUT2D eigenvalue weighted by Gasteiger charge is -2.32. The van der Waals surface area contributed by atoms with Crippen LogP contribution in [0.3, 0.4) is 0 Å². The highest BCUT2D eigenvalue weighted by Crippen LogP contribution is 2.42. The van der Waals surface area contributed by atoms with Crippen LogP contribution in [0.25, 0.3) is 0 Å². The monoisotopic (exact) mass is 283 g/mol. The van der Waals surface area contributed by atoms with Crippen molar-refractivity contribution in [3.63, 3.8) is 0 Å². The van der Waals surface area contributed by atoms with Crippen molar-refractivity contribution in [2.75, 3.05) is 6.54 Å². The average molecular weight is 284 g/mol. The van der Waals surface area contributed by atoms with Crippen LogP contribution in [0.15, 0.2) is 11.2 Å². The van der Waals surface area contributed by atoms with Crippen molar-refractivity contribution in [2.24, 2.45) is 0 Å². The summed E-state index contributed by atoms with van der Waals surface area (Å²) in [5, 5.41) is 12.5. The molecule has 0 fully saturated rings. The summed E-state index contributed by atoms with van der Waals surface area (Å²) in [7, 11) is 0. The zero-order valence-corrected chi connectivity index (χ0v) is 12.0. The van der Waals surface area contributed by atoms with Crippen molar-refractivity contribution in [3.05, 3.63) is 16.4 Å².